The van der Waals surface area contributed by atoms with E-state index in [2.05, 4.69) is 39.6 Å². The summed E-state index contributed by atoms with van der Waals surface area (Å²) in [6.45, 7) is 7.14. The van der Waals surface area contributed by atoms with Crippen LogP contribution in [-0.4, -0.2) is 50.1 Å². The highest BCUT2D eigenvalue weighted by molar-refractivity contribution is 5.80. The SMILES string of the molecule is CN=C(NCCCN1CCCC(C)C1)NC1CC=CC1. The van der Waals surface area contributed by atoms with Crippen LogP contribution in [0.2, 0.25) is 0 Å². The summed E-state index contributed by atoms with van der Waals surface area (Å²) in [6.07, 6.45) is 10.7. The van der Waals surface area contributed by atoms with Crippen molar-refractivity contribution >= 4 is 5.96 Å². The molecule has 2 aliphatic rings. The Morgan fingerprint density at radius 3 is 2.85 bits per heavy atom. The highest BCUT2D eigenvalue weighted by Crippen LogP contribution is 2.15. The van der Waals surface area contributed by atoms with Gasteiger partial charge in [-0.1, -0.05) is 19.1 Å². The molecule has 0 radical (unpaired) electrons. The summed E-state index contributed by atoms with van der Waals surface area (Å²) in [6, 6.07) is 0.532. The van der Waals surface area contributed by atoms with Crippen LogP contribution in [0.1, 0.15) is 39.0 Å². The molecule has 1 heterocycles. The molecule has 0 aromatic rings. The van der Waals surface area contributed by atoms with Crippen molar-refractivity contribution in [1.82, 2.24) is 15.5 Å². The van der Waals surface area contributed by atoms with Crippen LogP contribution in [0.5, 0.6) is 0 Å². The van der Waals surface area contributed by atoms with E-state index >= 15 is 0 Å². The monoisotopic (exact) mass is 278 g/mol. The number of guanidine groups is 1. The van der Waals surface area contributed by atoms with Gasteiger partial charge in [-0.2, -0.15) is 0 Å². The van der Waals surface area contributed by atoms with Crippen LogP contribution in [0.25, 0.3) is 0 Å². The second-order valence-corrected chi connectivity index (χ2v) is 6.18. The Hall–Kier alpha value is -1.03. The van der Waals surface area contributed by atoms with E-state index in [1.54, 1.807) is 0 Å². The summed E-state index contributed by atoms with van der Waals surface area (Å²) < 4.78 is 0. The maximum absolute atomic E-state index is 4.30. The van der Waals surface area contributed by atoms with Crippen LogP contribution in [0, 0.1) is 5.92 Å². The largest absolute Gasteiger partial charge is 0.356 e. The van der Waals surface area contributed by atoms with Gasteiger partial charge in [0.1, 0.15) is 0 Å². The maximum atomic E-state index is 4.30. The van der Waals surface area contributed by atoms with Crippen molar-refractivity contribution < 1.29 is 0 Å². The van der Waals surface area contributed by atoms with E-state index in [0.717, 1.165) is 31.3 Å². The lowest BCUT2D eigenvalue weighted by atomic mass is 10.0. The number of likely N-dealkylation sites (tertiary alicyclic amines) is 1. The average molecular weight is 278 g/mol. The van der Waals surface area contributed by atoms with Crippen molar-refractivity contribution in [3.05, 3.63) is 12.2 Å². The first kappa shape index (κ1) is 15.4. The Labute approximate surface area is 123 Å². The quantitative estimate of drug-likeness (QED) is 0.350. The van der Waals surface area contributed by atoms with Gasteiger partial charge in [0.15, 0.2) is 5.96 Å². The Balaban J connectivity index is 1.57. The van der Waals surface area contributed by atoms with E-state index in [1.165, 1.54) is 38.9 Å². The summed E-state index contributed by atoms with van der Waals surface area (Å²) in [5.41, 5.74) is 0. The lowest BCUT2D eigenvalue weighted by Gasteiger charge is -2.30. The molecular weight excluding hydrogens is 248 g/mol. The number of aliphatic imine (C=N–C) groups is 1. The topological polar surface area (TPSA) is 39.7 Å². The van der Waals surface area contributed by atoms with Gasteiger partial charge in [-0.05, 0) is 51.1 Å². The number of nitrogens with zero attached hydrogens (tertiary/aromatic N) is 2. The van der Waals surface area contributed by atoms with Crippen LogP contribution >= 0.6 is 0 Å². The molecular formula is C16H30N4. The lowest BCUT2D eigenvalue weighted by Crippen LogP contribution is -2.43. The summed E-state index contributed by atoms with van der Waals surface area (Å²) in [5.74, 6) is 1.83. The van der Waals surface area contributed by atoms with Crippen LogP contribution in [-0.2, 0) is 0 Å². The fraction of sp³-hybridized carbons (Fsp3) is 0.812. The van der Waals surface area contributed by atoms with Gasteiger partial charge in [0, 0.05) is 26.2 Å². The molecule has 0 aromatic heterocycles. The van der Waals surface area contributed by atoms with Gasteiger partial charge < -0.3 is 15.5 Å². The Morgan fingerprint density at radius 2 is 2.15 bits per heavy atom. The van der Waals surface area contributed by atoms with Gasteiger partial charge in [0.2, 0.25) is 0 Å². The molecule has 114 valence electrons. The molecule has 2 N–H and O–H groups in total. The molecule has 0 amide bonds. The standard InChI is InChI=1S/C16H30N4/c1-14-7-5-11-20(13-14)12-6-10-18-16(17-2)19-15-8-3-4-9-15/h3-4,14-15H,5-13H2,1-2H3,(H2,17,18,19). The molecule has 4 nitrogen and oxygen atoms in total. The van der Waals surface area contributed by atoms with Crippen LogP contribution in [0.3, 0.4) is 0 Å². The molecule has 4 heteroatoms. The maximum Gasteiger partial charge on any atom is 0.191 e. The molecule has 1 unspecified atom stereocenters. The van der Waals surface area contributed by atoms with Gasteiger partial charge in [0.05, 0.1) is 0 Å². The van der Waals surface area contributed by atoms with Crippen molar-refractivity contribution in [1.29, 1.82) is 0 Å². The number of piperidine rings is 1. The first-order chi connectivity index (χ1) is 9.78. The molecule has 0 spiro atoms. The van der Waals surface area contributed by atoms with Gasteiger partial charge in [0.25, 0.3) is 0 Å². The Morgan fingerprint density at radius 1 is 1.35 bits per heavy atom. The van der Waals surface area contributed by atoms with E-state index < -0.39 is 0 Å². The molecule has 0 saturated carbocycles. The molecule has 1 aliphatic heterocycles. The minimum atomic E-state index is 0.532. The van der Waals surface area contributed by atoms with Crippen molar-refractivity contribution in [2.75, 3.05) is 33.2 Å². The lowest BCUT2D eigenvalue weighted by molar-refractivity contribution is 0.182. The summed E-state index contributed by atoms with van der Waals surface area (Å²) in [7, 11) is 1.85. The van der Waals surface area contributed by atoms with Crippen LogP contribution in [0.15, 0.2) is 17.1 Å². The van der Waals surface area contributed by atoms with Crippen LogP contribution < -0.4 is 10.6 Å². The molecule has 2 rings (SSSR count). The van der Waals surface area contributed by atoms with Gasteiger partial charge in [-0.15, -0.1) is 0 Å². The first-order valence-electron chi connectivity index (χ1n) is 8.12. The van der Waals surface area contributed by atoms with E-state index in [-0.39, 0.29) is 0 Å². The number of nitrogens with one attached hydrogen (secondary N) is 2. The fourth-order valence-corrected chi connectivity index (χ4v) is 3.12. The molecule has 1 atom stereocenters. The number of rotatable bonds is 5. The molecule has 0 aromatic carbocycles. The van der Waals surface area contributed by atoms with E-state index in [9.17, 15) is 0 Å². The molecule has 1 fully saturated rings. The second kappa shape index (κ2) is 8.30. The normalized spacial score (nSPS) is 25.1. The molecule has 1 saturated heterocycles. The zero-order valence-corrected chi connectivity index (χ0v) is 13.1. The smallest absolute Gasteiger partial charge is 0.191 e. The summed E-state index contributed by atoms with van der Waals surface area (Å²) >= 11 is 0. The van der Waals surface area contributed by atoms with Crippen LogP contribution in [0.4, 0.5) is 0 Å². The van der Waals surface area contributed by atoms with Crippen molar-refractivity contribution in [3.8, 4) is 0 Å². The highest BCUT2D eigenvalue weighted by atomic mass is 15.2. The minimum Gasteiger partial charge on any atom is -0.356 e. The zero-order chi connectivity index (χ0) is 14.2. The highest BCUT2D eigenvalue weighted by Gasteiger charge is 2.15. The van der Waals surface area contributed by atoms with E-state index in [1.807, 2.05) is 7.05 Å². The number of hydrogen-bond acceptors (Lipinski definition) is 2. The third-order valence-corrected chi connectivity index (χ3v) is 4.26. The molecule has 1 aliphatic carbocycles. The van der Waals surface area contributed by atoms with Gasteiger partial charge in [-0.25, -0.2) is 0 Å². The third kappa shape index (κ3) is 5.16. The predicted octanol–water partition coefficient (Wildman–Crippen LogP) is 1.99. The van der Waals surface area contributed by atoms with Crippen molar-refractivity contribution in [2.45, 2.75) is 45.1 Å². The van der Waals surface area contributed by atoms with Crippen molar-refractivity contribution in [3.63, 3.8) is 0 Å². The molecule has 0 bridgehead atoms. The third-order valence-electron chi connectivity index (χ3n) is 4.26. The van der Waals surface area contributed by atoms with E-state index in [0.29, 0.717) is 6.04 Å². The van der Waals surface area contributed by atoms with E-state index in [4.69, 9.17) is 0 Å². The molecule has 20 heavy (non-hydrogen) atoms. The Kier molecular flexibility index (Phi) is 6.37. The Bertz CT molecular complexity index is 329. The average Bonchev–Trinajstić information content (AvgIpc) is 2.95. The van der Waals surface area contributed by atoms with Crippen molar-refractivity contribution in [2.24, 2.45) is 10.9 Å². The predicted molar refractivity (Wildman–Crippen MR) is 86.1 cm³/mol. The minimum absolute atomic E-state index is 0.532. The summed E-state index contributed by atoms with van der Waals surface area (Å²) in [4.78, 5) is 6.91. The van der Waals surface area contributed by atoms with Gasteiger partial charge in [-0.3, -0.25) is 4.99 Å². The first-order valence-corrected chi connectivity index (χ1v) is 8.12. The second-order valence-electron chi connectivity index (χ2n) is 6.18. The number of hydrogen-bond donors (Lipinski definition) is 2. The fourth-order valence-electron chi connectivity index (χ4n) is 3.12. The van der Waals surface area contributed by atoms with Gasteiger partial charge >= 0.3 is 0 Å². The zero-order valence-electron chi connectivity index (χ0n) is 13.1. The summed E-state index contributed by atoms with van der Waals surface area (Å²) in [5, 5.41) is 6.91.